The van der Waals surface area contributed by atoms with Crippen LogP contribution in [0.1, 0.15) is 47.0 Å². The standard InChI is InChI=1S/C18H21N3O5S2/c1-2-26-17(23)15-12-27-18(19-15)20-16(22)13-7-6-8-14(11-13)28(24,25)21-9-4-3-5-10-21/h6-8,11-12H,2-5,9-10H2,1H3,(H,19,20,22). The molecule has 0 unspecified atom stereocenters. The zero-order chi connectivity index (χ0) is 20.1. The van der Waals surface area contributed by atoms with E-state index in [0.717, 1.165) is 30.6 Å². The van der Waals surface area contributed by atoms with Crippen molar-refractivity contribution in [3.8, 4) is 0 Å². The second kappa shape index (κ2) is 8.80. The number of anilines is 1. The third-order valence-corrected chi connectivity index (χ3v) is 6.91. The van der Waals surface area contributed by atoms with Crippen molar-refractivity contribution >= 4 is 38.4 Å². The fourth-order valence-electron chi connectivity index (χ4n) is 2.85. The molecule has 1 aromatic heterocycles. The first-order valence-corrected chi connectivity index (χ1v) is 11.3. The van der Waals surface area contributed by atoms with Crippen LogP contribution >= 0.6 is 11.3 Å². The Morgan fingerprint density at radius 1 is 1.25 bits per heavy atom. The van der Waals surface area contributed by atoms with Crippen molar-refractivity contribution in [2.24, 2.45) is 0 Å². The highest BCUT2D eigenvalue weighted by Crippen LogP contribution is 2.22. The van der Waals surface area contributed by atoms with Gasteiger partial charge in [0.05, 0.1) is 11.5 Å². The molecule has 0 spiro atoms. The summed E-state index contributed by atoms with van der Waals surface area (Å²) in [7, 11) is -3.63. The number of thiazole rings is 1. The van der Waals surface area contributed by atoms with E-state index < -0.39 is 21.9 Å². The van der Waals surface area contributed by atoms with Crippen LogP contribution in [0.2, 0.25) is 0 Å². The van der Waals surface area contributed by atoms with Crippen molar-refractivity contribution < 1.29 is 22.7 Å². The number of carbonyl (C=O) groups is 2. The molecule has 8 nitrogen and oxygen atoms in total. The van der Waals surface area contributed by atoms with Gasteiger partial charge in [-0.15, -0.1) is 11.3 Å². The van der Waals surface area contributed by atoms with E-state index in [1.165, 1.54) is 34.0 Å². The lowest BCUT2D eigenvalue weighted by Gasteiger charge is -2.26. The number of carbonyl (C=O) groups excluding carboxylic acids is 2. The number of esters is 1. The zero-order valence-corrected chi connectivity index (χ0v) is 17.0. The zero-order valence-electron chi connectivity index (χ0n) is 15.4. The normalized spacial score (nSPS) is 15.2. The summed E-state index contributed by atoms with van der Waals surface area (Å²) in [5.74, 6) is -1.06. The van der Waals surface area contributed by atoms with Gasteiger partial charge < -0.3 is 4.74 Å². The van der Waals surface area contributed by atoms with E-state index in [1.54, 1.807) is 6.92 Å². The van der Waals surface area contributed by atoms with Crippen LogP contribution in [0, 0.1) is 0 Å². The maximum absolute atomic E-state index is 12.8. The number of hydrogen-bond donors (Lipinski definition) is 1. The summed E-state index contributed by atoms with van der Waals surface area (Å²) < 4.78 is 31.9. The van der Waals surface area contributed by atoms with E-state index in [4.69, 9.17) is 4.74 Å². The quantitative estimate of drug-likeness (QED) is 0.716. The van der Waals surface area contributed by atoms with Crippen LogP contribution in [0.15, 0.2) is 34.5 Å². The Kier molecular flexibility index (Phi) is 6.42. The minimum absolute atomic E-state index is 0.0911. The average molecular weight is 424 g/mol. The van der Waals surface area contributed by atoms with Crippen LogP contribution in [0.5, 0.6) is 0 Å². The molecule has 1 aromatic carbocycles. The molecule has 0 aliphatic carbocycles. The van der Waals surface area contributed by atoms with Gasteiger partial charge in [-0.25, -0.2) is 18.2 Å². The van der Waals surface area contributed by atoms with E-state index in [9.17, 15) is 18.0 Å². The Balaban J connectivity index is 1.74. The molecule has 2 aromatic rings. The van der Waals surface area contributed by atoms with Gasteiger partial charge in [-0.3, -0.25) is 10.1 Å². The molecule has 0 bridgehead atoms. The summed E-state index contributed by atoms with van der Waals surface area (Å²) in [4.78, 5) is 28.3. The first kappa shape index (κ1) is 20.4. The highest BCUT2D eigenvalue weighted by Gasteiger charge is 2.26. The fourth-order valence-corrected chi connectivity index (χ4v) is 5.09. The lowest BCUT2D eigenvalue weighted by atomic mass is 10.2. The van der Waals surface area contributed by atoms with E-state index in [-0.39, 0.29) is 27.9 Å². The van der Waals surface area contributed by atoms with Crippen molar-refractivity contribution in [2.75, 3.05) is 25.0 Å². The topological polar surface area (TPSA) is 106 Å². The maximum atomic E-state index is 12.8. The fraction of sp³-hybridized carbons (Fsp3) is 0.389. The first-order valence-electron chi connectivity index (χ1n) is 8.96. The predicted molar refractivity (Wildman–Crippen MR) is 105 cm³/mol. The summed E-state index contributed by atoms with van der Waals surface area (Å²) in [5.41, 5.74) is 0.314. The van der Waals surface area contributed by atoms with Crippen molar-refractivity contribution in [3.63, 3.8) is 0 Å². The second-order valence-corrected chi connectivity index (χ2v) is 9.00. The second-order valence-electron chi connectivity index (χ2n) is 6.21. The number of benzene rings is 1. The van der Waals surface area contributed by atoms with E-state index in [1.807, 2.05) is 0 Å². The van der Waals surface area contributed by atoms with Gasteiger partial charge in [-0.1, -0.05) is 12.5 Å². The number of nitrogens with zero attached hydrogens (tertiary/aromatic N) is 2. The van der Waals surface area contributed by atoms with E-state index in [0.29, 0.717) is 13.1 Å². The number of rotatable bonds is 6. The Bertz CT molecular complexity index is 965. The van der Waals surface area contributed by atoms with Gasteiger partial charge in [0.15, 0.2) is 10.8 Å². The highest BCUT2D eigenvalue weighted by atomic mass is 32.2. The molecule has 0 atom stereocenters. The van der Waals surface area contributed by atoms with Gasteiger partial charge in [0.25, 0.3) is 5.91 Å². The molecular weight excluding hydrogens is 402 g/mol. The van der Waals surface area contributed by atoms with Crippen molar-refractivity contribution in [1.29, 1.82) is 0 Å². The summed E-state index contributed by atoms with van der Waals surface area (Å²) in [5, 5.41) is 4.31. The minimum atomic E-state index is -3.63. The van der Waals surface area contributed by atoms with Gasteiger partial charge >= 0.3 is 5.97 Å². The number of hydrogen-bond acceptors (Lipinski definition) is 7. The molecule has 1 saturated heterocycles. The Labute approximate surface area is 167 Å². The third kappa shape index (κ3) is 4.57. The molecule has 1 aliphatic heterocycles. The summed E-state index contributed by atoms with van der Waals surface area (Å²) in [6, 6.07) is 5.92. The molecule has 0 saturated carbocycles. The molecule has 1 fully saturated rings. The number of amides is 1. The smallest absolute Gasteiger partial charge is 0.357 e. The summed E-state index contributed by atoms with van der Waals surface area (Å²) in [6.07, 6.45) is 2.70. The van der Waals surface area contributed by atoms with Crippen LogP contribution in [0.3, 0.4) is 0 Å². The number of piperidine rings is 1. The molecule has 3 rings (SSSR count). The Morgan fingerprint density at radius 3 is 2.71 bits per heavy atom. The van der Waals surface area contributed by atoms with Crippen molar-refractivity contribution in [1.82, 2.24) is 9.29 Å². The van der Waals surface area contributed by atoms with Crippen LogP contribution in [0.4, 0.5) is 5.13 Å². The average Bonchev–Trinajstić information content (AvgIpc) is 3.17. The number of sulfonamides is 1. The molecule has 10 heteroatoms. The van der Waals surface area contributed by atoms with Crippen LogP contribution in [-0.4, -0.2) is 49.3 Å². The molecule has 1 amide bonds. The van der Waals surface area contributed by atoms with Crippen molar-refractivity contribution in [2.45, 2.75) is 31.1 Å². The minimum Gasteiger partial charge on any atom is -0.461 e. The molecule has 150 valence electrons. The molecule has 1 N–H and O–H groups in total. The van der Waals surface area contributed by atoms with E-state index >= 15 is 0 Å². The van der Waals surface area contributed by atoms with Crippen LogP contribution < -0.4 is 5.32 Å². The molecule has 28 heavy (non-hydrogen) atoms. The number of aromatic nitrogens is 1. The Morgan fingerprint density at radius 2 is 2.00 bits per heavy atom. The molecule has 0 radical (unpaired) electrons. The molecular formula is C18H21N3O5S2. The van der Waals surface area contributed by atoms with Gasteiger partial charge in [0.2, 0.25) is 10.0 Å². The maximum Gasteiger partial charge on any atom is 0.357 e. The summed E-state index contributed by atoms with van der Waals surface area (Å²) >= 11 is 1.09. The van der Waals surface area contributed by atoms with E-state index in [2.05, 4.69) is 10.3 Å². The monoisotopic (exact) mass is 423 g/mol. The lowest BCUT2D eigenvalue weighted by Crippen LogP contribution is -2.35. The number of nitrogens with one attached hydrogen (secondary N) is 1. The van der Waals surface area contributed by atoms with Gasteiger partial charge in [-0.2, -0.15) is 4.31 Å². The van der Waals surface area contributed by atoms with Gasteiger partial charge in [0, 0.05) is 24.0 Å². The van der Waals surface area contributed by atoms with Crippen LogP contribution in [-0.2, 0) is 14.8 Å². The molecule has 2 heterocycles. The molecule has 1 aliphatic rings. The number of ether oxygens (including phenoxy) is 1. The highest BCUT2D eigenvalue weighted by molar-refractivity contribution is 7.89. The largest absolute Gasteiger partial charge is 0.461 e. The first-order chi connectivity index (χ1) is 13.4. The van der Waals surface area contributed by atoms with Crippen molar-refractivity contribution in [3.05, 3.63) is 40.9 Å². The predicted octanol–water partition coefficient (Wildman–Crippen LogP) is 2.75. The lowest BCUT2D eigenvalue weighted by molar-refractivity contribution is 0.0520. The SMILES string of the molecule is CCOC(=O)c1csc(NC(=O)c2cccc(S(=O)(=O)N3CCCCC3)c2)n1. The summed E-state index contributed by atoms with van der Waals surface area (Å²) in [6.45, 7) is 2.91. The van der Waals surface area contributed by atoms with Crippen LogP contribution in [0.25, 0.3) is 0 Å². The Hall–Kier alpha value is -2.30. The van der Waals surface area contributed by atoms with Gasteiger partial charge in [0.1, 0.15) is 0 Å². The third-order valence-electron chi connectivity index (χ3n) is 4.26. The van der Waals surface area contributed by atoms with Gasteiger partial charge in [-0.05, 0) is 38.0 Å².